The predicted octanol–water partition coefficient (Wildman–Crippen LogP) is 2.54. The SMILES string of the molecule is Cc1cccc(Cl)c1NC(=O)NCC(C)(C)O. The van der Waals surface area contributed by atoms with Gasteiger partial charge >= 0.3 is 6.03 Å². The van der Waals surface area contributed by atoms with Gasteiger partial charge in [0.25, 0.3) is 0 Å². The fourth-order valence-electron chi connectivity index (χ4n) is 1.24. The lowest BCUT2D eigenvalue weighted by Crippen LogP contribution is -2.40. The van der Waals surface area contributed by atoms with Gasteiger partial charge in [0.15, 0.2) is 0 Å². The number of hydrogen-bond donors (Lipinski definition) is 3. The molecule has 1 rings (SSSR count). The highest BCUT2D eigenvalue weighted by Gasteiger charge is 2.14. The third-order valence-electron chi connectivity index (χ3n) is 2.14. The maximum atomic E-state index is 11.6. The molecule has 0 heterocycles. The molecule has 0 aromatic heterocycles. The number of amides is 2. The molecular formula is C12H17ClN2O2. The van der Waals surface area contributed by atoms with Crippen LogP contribution in [0.1, 0.15) is 19.4 Å². The third-order valence-corrected chi connectivity index (χ3v) is 2.46. The second-order valence-electron chi connectivity index (χ2n) is 4.55. The van der Waals surface area contributed by atoms with Crippen molar-refractivity contribution in [2.45, 2.75) is 26.4 Å². The van der Waals surface area contributed by atoms with Gasteiger partial charge in [-0.25, -0.2) is 4.79 Å². The van der Waals surface area contributed by atoms with Gasteiger partial charge < -0.3 is 15.7 Å². The summed E-state index contributed by atoms with van der Waals surface area (Å²) in [6, 6.07) is 5.00. The molecule has 3 N–H and O–H groups in total. The molecule has 94 valence electrons. The normalized spacial score (nSPS) is 11.1. The van der Waals surface area contributed by atoms with E-state index < -0.39 is 5.60 Å². The molecule has 2 amide bonds. The number of nitrogens with one attached hydrogen (secondary N) is 2. The summed E-state index contributed by atoms with van der Waals surface area (Å²) < 4.78 is 0. The molecule has 1 aromatic rings. The lowest BCUT2D eigenvalue weighted by molar-refractivity contribution is 0.0826. The molecule has 0 unspecified atom stereocenters. The molecule has 0 spiro atoms. The molecule has 1 aromatic carbocycles. The van der Waals surface area contributed by atoms with E-state index in [9.17, 15) is 9.90 Å². The Morgan fingerprint density at radius 2 is 2.12 bits per heavy atom. The summed E-state index contributed by atoms with van der Waals surface area (Å²) in [5.41, 5.74) is 0.533. The average Bonchev–Trinajstić information content (AvgIpc) is 2.20. The Morgan fingerprint density at radius 1 is 1.47 bits per heavy atom. The van der Waals surface area contributed by atoms with Crippen molar-refractivity contribution in [3.8, 4) is 0 Å². The van der Waals surface area contributed by atoms with Crippen LogP contribution in [0, 0.1) is 6.92 Å². The minimum Gasteiger partial charge on any atom is -0.389 e. The molecule has 0 bridgehead atoms. The monoisotopic (exact) mass is 256 g/mol. The Labute approximate surface area is 106 Å². The number of aryl methyl sites for hydroxylation is 1. The number of hydrogen-bond acceptors (Lipinski definition) is 2. The van der Waals surface area contributed by atoms with Crippen LogP contribution >= 0.6 is 11.6 Å². The van der Waals surface area contributed by atoms with E-state index in [1.165, 1.54) is 0 Å². The summed E-state index contributed by atoms with van der Waals surface area (Å²) in [6.45, 7) is 5.27. The number of anilines is 1. The Morgan fingerprint density at radius 3 is 2.65 bits per heavy atom. The van der Waals surface area contributed by atoms with Crippen LogP contribution in [0.3, 0.4) is 0 Å². The summed E-state index contributed by atoms with van der Waals surface area (Å²) in [5, 5.41) is 15.2. The maximum Gasteiger partial charge on any atom is 0.319 e. The van der Waals surface area contributed by atoms with Gasteiger partial charge in [-0.3, -0.25) is 0 Å². The van der Waals surface area contributed by atoms with Gasteiger partial charge in [-0.15, -0.1) is 0 Å². The van der Waals surface area contributed by atoms with Crippen molar-refractivity contribution in [2.24, 2.45) is 0 Å². The number of urea groups is 1. The molecule has 0 aliphatic heterocycles. The van der Waals surface area contributed by atoms with E-state index in [1.54, 1.807) is 19.9 Å². The highest BCUT2D eigenvalue weighted by atomic mass is 35.5. The van der Waals surface area contributed by atoms with Gasteiger partial charge in [0.05, 0.1) is 16.3 Å². The van der Waals surface area contributed by atoms with Crippen molar-refractivity contribution in [1.82, 2.24) is 5.32 Å². The number of para-hydroxylation sites is 1. The molecule has 0 atom stereocenters. The number of aliphatic hydroxyl groups is 1. The highest BCUT2D eigenvalue weighted by Crippen LogP contribution is 2.24. The minimum atomic E-state index is -0.938. The Hall–Kier alpha value is -1.26. The van der Waals surface area contributed by atoms with E-state index in [-0.39, 0.29) is 12.6 Å². The van der Waals surface area contributed by atoms with Crippen LogP contribution in [0.15, 0.2) is 18.2 Å². The first-order valence-electron chi connectivity index (χ1n) is 5.32. The zero-order valence-corrected chi connectivity index (χ0v) is 10.9. The van der Waals surface area contributed by atoms with Crippen molar-refractivity contribution in [3.63, 3.8) is 0 Å². The summed E-state index contributed by atoms with van der Waals surface area (Å²) in [5.74, 6) is 0. The van der Waals surface area contributed by atoms with E-state index in [4.69, 9.17) is 11.6 Å². The molecular weight excluding hydrogens is 240 g/mol. The number of rotatable bonds is 3. The van der Waals surface area contributed by atoms with Crippen LogP contribution < -0.4 is 10.6 Å². The molecule has 5 heteroatoms. The number of carbonyl (C=O) groups is 1. The Balaban J connectivity index is 2.63. The van der Waals surface area contributed by atoms with Gasteiger partial charge in [-0.2, -0.15) is 0 Å². The van der Waals surface area contributed by atoms with Gasteiger partial charge in [-0.1, -0.05) is 23.7 Å². The van der Waals surface area contributed by atoms with Crippen molar-refractivity contribution >= 4 is 23.3 Å². The average molecular weight is 257 g/mol. The number of halogens is 1. The number of benzene rings is 1. The quantitative estimate of drug-likeness (QED) is 0.778. The fourth-order valence-corrected chi connectivity index (χ4v) is 1.51. The van der Waals surface area contributed by atoms with Crippen molar-refractivity contribution in [3.05, 3.63) is 28.8 Å². The molecule has 0 radical (unpaired) electrons. The highest BCUT2D eigenvalue weighted by molar-refractivity contribution is 6.33. The zero-order valence-electron chi connectivity index (χ0n) is 10.2. The smallest absolute Gasteiger partial charge is 0.319 e. The van der Waals surface area contributed by atoms with Gasteiger partial charge in [0.1, 0.15) is 0 Å². The van der Waals surface area contributed by atoms with Crippen molar-refractivity contribution in [2.75, 3.05) is 11.9 Å². The van der Waals surface area contributed by atoms with E-state index in [0.717, 1.165) is 5.56 Å². The lowest BCUT2D eigenvalue weighted by atomic mass is 10.1. The van der Waals surface area contributed by atoms with Gasteiger partial charge in [0.2, 0.25) is 0 Å². The first-order valence-corrected chi connectivity index (χ1v) is 5.70. The first kappa shape index (κ1) is 13.8. The summed E-state index contributed by atoms with van der Waals surface area (Å²) >= 11 is 5.97. The van der Waals surface area contributed by atoms with E-state index >= 15 is 0 Å². The predicted molar refractivity (Wildman–Crippen MR) is 69.5 cm³/mol. The molecule has 0 saturated carbocycles. The number of carbonyl (C=O) groups excluding carboxylic acids is 1. The molecule has 0 fully saturated rings. The zero-order chi connectivity index (χ0) is 13.1. The first-order chi connectivity index (χ1) is 7.79. The van der Waals surface area contributed by atoms with E-state index in [1.807, 2.05) is 19.1 Å². The van der Waals surface area contributed by atoms with Crippen LogP contribution in [0.4, 0.5) is 10.5 Å². The maximum absolute atomic E-state index is 11.6. The summed E-state index contributed by atoms with van der Waals surface area (Å²) in [4.78, 5) is 11.6. The van der Waals surface area contributed by atoms with Gasteiger partial charge in [-0.05, 0) is 32.4 Å². The van der Waals surface area contributed by atoms with Crippen LogP contribution in [0.2, 0.25) is 5.02 Å². The Bertz CT molecular complexity index is 393. The third kappa shape index (κ3) is 4.63. The van der Waals surface area contributed by atoms with E-state index in [2.05, 4.69) is 10.6 Å². The van der Waals surface area contributed by atoms with Crippen molar-refractivity contribution < 1.29 is 9.90 Å². The molecule has 0 saturated heterocycles. The standard InChI is InChI=1S/C12H17ClN2O2/c1-8-5-4-6-9(13)10(8)15-11(16)14-7-12(2,3)17/h4-6,17H,7H2,1-3H3,(H2,14,15,16). The summed E-state index contributed by atoms with van der Waals surface area (Å²) in [6.07, 6.45) is 0. The largest absolute Gasteiger partial charge is 0.389 e. The van der Waals surface area contributed by atoms with Crippen LogP contribution in [0.5, 0.6) is 0 Å². The summed E-state index contributed by atoms with van der Waals surface area (Å²) in [7, 11) is 0. The lowest BCUT2D eigenvalue weighted by Gasteiger charge is -2.18. The van der Waals surface area contributed by atoms with Crippen LogP contribution in [-0.4, -0.2) is 23.3 Å². The van der Waals surface area contributed by atoms with E-state index in [0.29, 0.717) is 10.7 Å². The molecule has 0 aliphatic rings. The molecule has 17 heavy (non-hydrogen) atoms. The minimum absolute atomic E-state index is 0.169. The van der Waals surface area contributed by atoms with Crippen LogP contribution in [-0.2, 0) is 0 Å². The molecule has 0 aliphatic carbocycles. The Kier molecular flexibility index (Phi) is 4.37. The second-order valence-corrected chi connectivity index (χ2v) is 4.96. The topological polar surface area (TPSA) is 61.4 Å². The van der Waals surface area contributed by atoms with Crippen LogP contribution in [0.25, 0.3) is 0 Å². The van der Waals surface area contributed by atoms with Crippen molar-refractivity contribution in [1.29, 1.82) is 0 Å². The van der Waals surface area contributed by atoms with Gasteiger partial charge in [0, 0.05) is 6.54 Å². The second kappa shape index (κ2) is 5.38. The molecule has 4 nitrogen and oxygen atoms in total. The fraction of sp³-hybridized carbons (Fsp3) is 0.417.